The molecule has 27 heavy (non-hydrogen) atoms. The predicted octanol–water partition coefficient (Wildman–Crippen LogP) is 6.60. The van der Waals surface area contributed by atoms with E-state index in [0.29, 0.717) is 23.2 Å². The number of hydrogen-bond donors (Lipinski definition) is 0. The molecule has 0 heterocycles. The van der Waals surface area contributed by atoms with Crippen molar-refractivity contribution in [2.24, 2.45) is 34.5 Å². The van der Waals surface area contributed by atoms with Gasteiger partial charge in [-0.25, -0.2) is 0 Å². The Labute approximate surface area is 168 Å². The molecule has 3 heteroatoms. The maximum absolute atomic E-state index is 12.6. The van der Waals surface area contributed by atoms with Crippen LogP contribution in [0.15, 0.2) is 0 Å². The highest BCUT2D eigenvalue weighted by molar-refractivity contribution is 6.71. The molecule has 4 rings (SSSR count). The molecule has 7 atom stereocenters. The van der Waals surface area contributed by atoms with E-state index in [1.807, 2.05) is 0 Å². The molecule has 4 aliphatic rings. The Kier molecular flexibility index (Phi) is 5.20. The number of rotatable bonds is 4. The third-order valence-corrected chi connectivity index (χ3v) is 12.3. The van der Waals surface area contributed by atoms with Crippen molar-refractivity contribution in [3.8, 4) is 0 Å². The minimum atomic E-state index is -1.48. The Bertz CT molecular complexity index is 587. The molecule has 0 saturated heterocycles. The molecule has 154 valence electrons. The number of carbonyl (C=O) groups excluding carboxylic acids is 1. The Morgan fingerprint density at radius 1 is 1.04 bits per heavy atom. The van der Waals surface area contributed by atoms with Crippen molar-refractivity contribution in [2.75, 3.05) is 0 Å². The Hall–Kier alpha value is -0.153. The van der Waals surface area contributed by atoms with Crippen LogP contribution in [0.2, 0.25) is 19.1 Å². The topological polar surface area (TPSA) is 26.3 Å². The Morgan fingerprint density at radius 3 is 2.56 bits per heavy atom. The fourth-order valence-electron chi connectivity index (χ4n) is 8.21. The summed E-state index contributed by atoms with van der Waals surface area (Å²) in [6.45, 7) is 12.1. The molecule has 4 aliphatic carbocycles. The average Bonchev–Trinajstić information content (AvgIpc) is 2.90. The number of fused-ring (bicyclic) bond motifs is 5. The van der Waals surface area contributed by atoms with Gasteiger partial charge >= 0.3 is 0 Å². The van der Waals surface area contributed by atoms with Crippen LogP contribution in [0.1, 0.15) is 85.0 Å². The second kappa shape index (κ2) is 6.97. The van der Waals surface area contributed by atoms with E-state index in [4.69, 9.17) is 4.43 Å². The second-order valence-corrected chi connectivity index (χ2v) is 15.9. The first-order chi connectivity index (χ1) is 12.7. The summed E-state index contributed by atoms with van der Waals surface area (Å²) < 4.78 is 6.74. The smallest absolute Gasteiger partial charge is 0.187 e. The van der Waals surface area contributed by atoms with Gasteiger partial charge in [0.15, 0.2) is 8.32 Å². The zero-order chi connectivity index (χ0) is 19.4. The summed E-state index contributed by atoms with van der Waals surface area (Å²) in [6, 6.07) is 1.30. The third kappa shape index (κ3) is 3.29. The molecule has 0 bridgehead atoms. The monoisotopic (exact) mass is 390 g/mol. The SMILES string of the molecule is CCC[Si](C)(C)OC1CC[C@@]2(C)C(CC[C@@H]3[C@@H]2CC[C@]2(C)C(=O)CC[C@@H]32)C1. The van der Waals surface area contributed by atoms with Crippen molar-refractivity contribution in [1.82, 2.24) is 0 Å². The number of hydrogen-bond acceptors (Lipinski definition) is 2. The molecule has 2 unspecified atom stereocenters. The average molecular weight is 391 g/mol. The van der Waals surface area contributed by atoms with Gasteiger partial charge in [0.05, 0.1) is 0 Å². The largest absolute Gasteiger partial charge is 0.414 e. The van der Waals surface area contributed by atoms with E-state index in [-0.39, 0.29) is 5.41 Å². The van der Waals surface area contributed by atoms with Gasteiger partial charge in [-0.05, 0) is 99.6 Å². The van der Waals surface area contributed by atoms with Crippen molar-refractivity contribution in [1.29, 1.82) is 0 Å². The minimum absolute atomic E-state index is 0.0282. The summed E-state index contributed by atoms with van der Waals surface area (Å²) in [6.07, 6.45) is 13.0. The quantitative estimate of drug-likeness (QED) is 0.506. The summed E-state index contributed by atoms with van der Waals surface area (Å²) in [5, 5.41) is 0. The van der Waals surface area contributed by atoms with E-state index in [1.165, 1.54) is 57.4 Å². The zero-order valence-corrected chi connectivity index (χ0v) is 19.5. The summed E-state index contributed by atoms with van der Waals surface area (Å²) >= 11 is 0. The third-order valence-electron chi connectivity index (χ3n) is 9.66. The molecule has 4 fully saturated rings. The molecular formula is C24H42O2Si. The Balaban J connectivity index is 1.47. The predicted molar refractivity (Wildman–Crippen MR) is 114 cm³/mol. The van der Waals surface area contributed by atoms with E-state index < -0.39 is 8.32 Å². The van der Waals surface area contributed by atoms with Crippen LogP contribution in [0.4, 0.5) is 0 Å². The first-order valence-corrected chi connectivity index (χ1v) is 15.0. The van der Waals surface area contributed by atoms with E-state index >= 15 is 0 Å². The van der Waals surface area contributed by atoms with Crippen LogP contribution >= 0.6 is 0 Å². The first-order valence-electron chi connectivity index (χ1n) is 11.9. The van der Waals surface area contributed by atoms with E-state index in [1.54, 1.807) is 0 Å². The molecule has 0 aromatic heterocycles. The zero-order valence-electron chi connectivity index (χ0n) is 18.5. The maximum Gasteiger partial charge on any atom is 0.187 e. The number of carbonyl (C=O) groups is 1. The van der Waals surface area contributed by atoms with Gasteiger partial charge in [-0.3, -0.25) is 4.79 Å². The van der Waals surface area contributed by atoms with Gasteiger partial charge in [-0.2, -0.15) is 0 Å². The lowest BCUT2D eigenvalue weighted by atomic mass is 9.45. The molecule has 4 saturated carbocycles. The van der Waals surface area contributed by atoms with Crippen LogP contribution in [-0.4, -0.2) is 20.2 Å². The van der Waals surface area contributed by atoms with E-state index in [2.05, 4.69) is 33.9 Å². The van der Waals surface area contributed by atoms with Crippen LogP contribution in [0.5, 0.6) is 0 Å². The van der Waals surface area contributed by atoms with Crippen molar-refractivity contribution in [3.05, 3.63) is 0 Å². The highest BCUT2D eigenvalue weighted by atomic mass is 28.4. The summed E-state index contributed by atoms with van der Waals surface area (Å²) in [5.74, 6) is 3.80. The van der Waals surface area contributed by atoms with Crippen LogP contribution in [0, 0.1) is 34.5 Å². The van der Waals surface area contributed by atoms with Crippen molar-refractivity contribution in [3.63, 3.8) is 0 Å². The highest BCUT2D eigenvalue weighted by Crippen LogP contribution is 2.65. The van der Waals surface area contributed by atoms with Gasteiger partial charge in [0.2, 0.25) is 0 Å². The number of ketones is 1. The summed E-state index contributed by atoms with van der Waals surface area (Å²) in [5.41, 5.74) is 0.534. The van der Waals surface area contributed by atoms with Crippen LogP contribution in [-0.2, 0) is 9.22 Å². The molecule has 0 aromatic carbocycles. The fourth-order valence-corrected chi connectivity index (χ4v) is 10.6. The van der Waals surface area contributed by atoms with Gasteiger partial charge in [0.25, 0.3) is 0 Å². The molecular weight excluding hydrogens is 348 g/mol. The highest BCUT2D eigenvalue weighted by Gasteiger charge is 2.60. The van der Waals surface area contributed by atoms with Crippen LogP contribution in [0.3, 0.4) is 0 Å². The van der Waals surface area contributed by atoms with Gasteiger partial charge in [0.1, 0.15) is 5.78 Å². The molecule has 0 spiro atoms. The van der Waals surface area contributed by atoms with E-state index in [0.717, 1.165) is 30.6 Å². The van der Waals surface area contributed by atoms with Crippen molar-refractivity contribution < 1.29 is 9.22 Å². The Morgan fingerprint density at radius 2 is 1.81 bits per heavy atom. The lowest BCUT2D eigenvalue weighted by Crippen LogP contribution is -2.54. The minimum Gasteiger partial charge on any atom is -0.414 e. The fraction of sp³-hybridized carbons (Fsp3) is 0.958. The standard InChI is InChI=1S/C24H42O2Si/c1-6-15-27(4,5)26-18-11-13-23(2)17(16-18)7-8-19-20-9-10-22(25)24(20,3)14-12-21(19)23/h17-21H,6-16H2,1-5H3/t17?,18?,19-,20-,21-,23-,24-/m0/s1. The molecule has 0 aliphatic heterocycles. The van der Waals surface area contributed by atoms with Gasteiger partial charge in [-0.15, -0.1) is 0 Å². The van der Waals surface area contributed by atoms with Crippen molar-refractivity contribution >= 4 is 14.1 Å². The van der Waals surface area contributed by atoms with Crippen LogP contribution < -0.4 is 0 Å². The lowest BCUT2D eigenvalue weighted by Gasteiger charge is -2.60. The first kappa shape index (κ1) is 20.1. The molecule has 2 nitrogen and oxygen atoms in total. The summed E-state index contributed by atoms with van der Waals surface area (Å²) in [4.78, 5) is 12.6. The molecule has 0 radical (unpaired) electrons. The van der Waals surface area contributed by atoms with Crippen molar-refractivity contribution in [2.45, 2.75) is 110 Å². The summed E-state index contributed by atoms with van der Waals surface area (Å²) in [7, 11) is -1.48. The van der Waals surface area contributed by atoms with Crippen LogP contribution in [0.25, 0.3) is 0 Å². The maximum atomic E-state index is 12.6. The van der Waals surface area contributed by atoms with Gasteiger partial charge in [0, 0.05) is 17.9 Å². The van der Waals surface area contributed by atoms with Gasteiger partial charge < -0.3 is 4.43 Å². The van der Waals surface area contributed by atoms with Gasteiger partial charge in [-0.1, -0.05) is 27.2 Å². The molecule has 0 amide bonds. The number of Topliss-reactive ketones (excluding diaryl/α,β-unsaturated/α-hetero) is 1. The lowest BCUT2D eigenvalue weighted by molar-refractivity contribution is -0.141. The molecule has 0 aromatic rings. The normalized spacial score (nSPS) is 47.3. The second-order valence-electron chi connectivity index (χ2n) is 11.6. The van der Waals surface area contributed by atoms with E-state index in [9.17, 15) is 4.79 Å². The molecule has 0 N–H and O–H groups in total.